The van der Waals surface area contributed by atoms with Crippen molar-refractivity contribution in [2.45, 2.75) is 31.9 Å². The van der Waals surface area contributed by atoms with E-state index in [2.05, 4.69) is 19.7 Å². The van der Waals surface area contributed by atoms with Crippen LogP contribution < -0.4 is 4.72 Å². The lowest BCUT2D eigenvalue weighted by atomic mass is 9.99. The highest BCUT2D eigenvalue weighted by Crippen LogP contribution is 2.40. The lowest BCUT2D eigenvalue weighted by Crippen LogP contribution is -2.49. The third-order valence-corrected chi connectivity index (χ3v) is 5.87. The van der Waals surface area contributed by atoms with Gasteiger partial charge in [0.25, 0.3) is 5.92 Å². The summed E-state index contributed by atoms with van der Waals surface area (Å²) in [6.07, 6.45) is 4.49. The number of imidazole rings is 1. The summed E-state index contributed by atoms with van der Waals surface area (Å²) in [5.41, 5.74) is 1.59. The zero-order chi connectivity index (χ0) is 20.1. The number of aromatic amines is 1. The minimum Gasteiger partial charge on any atom is -0.346 e. The SMILES string of the molecule is CCN1CCC(n2c(CNS(C)(=O)=O)nc3cnc4[nH]ccc4c32)C(F)(F)C1. The van der Waals surface area contributed by atoms with Crippen LogP contribution in [-0.4, -0.2) is 64.6 Å². The number of likely N-dealkylation sites (tertiary alicyclic amines) is 1. The summed E-state index contributed by atoms with van der Waals surface area (Å²) in [4.78, 5) is 13.4. The number of alkyl halides is 2. The van der Waals surface area contributed by atoms with Crippen molar-refractivity contribution in [3.8, 4) is 0 Å². The molecule has 0 bridgehead atoms. The number of fused-ring (bicyclic) bond motifs is 3. The maximum Gasteiger partial charge on any atom is 0.280 e. The van der Waals surface area contributed by atoms with Gasteiger partial charge in [0.05, 0.1) is 31.1 Å². The largest absolute Gasteiger partial charge is 0.346 e. The molecule has 3 aromatic rings. The molecule has 0 amide bonds. The number of H-pyrrole nitrogens is 1. The normalized spacial score (nSPS) is 20.9. The van der Waals surface area contributed by atoms with Gasteiger partial charge in [-0.15, -0.1) is 0 Å². The molecule has 0 aliphatic carbocycles. The first kappa shape index (κ1) is 19.2. The second-order valence-electron chi connectivity index (χ2n) is 7.16. The van der Waals surface area contributed by atoms with Crippen LogP contribution in [0.5, 0.6) is 0 Å². The summed E-state index contributed by atoms with van der Waals surface area (Å²) < 4.78 is 57.3. The number of sulfonamides is 1. The number of piperidine rings is 1. The Bertz CT molecular complexity index is 1120. The Balaban J connectivity index is 1.89. The number of halogens is 2. The van der Waals surface area contributed by atoms with E-state index in [1.54, 1.807) is 17.2 Å². The highest BCUT2D eigenvalue weighted by Gasteiger charge is 2.46. The number of hydrogen-bond donors (Lipinski definition) is 2. The van der Waals surface area contributed by atoms with Gasteiger partial charge in [0, 0.05) is 18.1 Å². The number of rotatable bonds is 5. The molecule has 1 unspecified atom stereocenters. The second-order valence-corrected chi connectivity index (χ2v) is 8.99. The summed E-state index contributed by atoms with van der Waals surface area (Å²) in [7, 11) is -3.50. The molecule has 1 fully saturated rings. The summed E-state index contributed by atoms with van der Waals surface area (Å²) >= 11 is 0. The van der Waals surface area contributed by atoms with Gasteiger partial charge < -0.3 is 9.55 Å². The summed E-state index contributed by atoms with van der Waals surface area (Å²) in [5.74, 6) is -2.72. The van der Waals surface area contributed by atoms with E-state index in [4.69, 9.17) is 0 Å². The molecule has 3 aromatic heterocycles. The van der Waals surface area contributed by atoms with Gasteiger partial charge in [-0.25, -0.2) is 31.9 Å². The molecule has 2 N–H and O–H groups in total. The van der Waals surface area contributed by atoms with E-state index in [-0.39, 0.29) is 25.3 Å². The molecule has 0 radical (unpaired) electrons. The van der Waals surface area contributed by atoms with Crippen molar-refractivity contribution < 1.29 is 17.2 Å². The van der Waals surface area contributed by atoms with Crippen molar-refractivity contribution in [2.75, 3.05) is 25.9 Å². The van der Waals surface area contributed by atoms with Crippen molar-refractivity contribution in [1.82, 2.24) is 29.1 Å². The van der Waals surface area contributed by atoms with Gasteiger partial charge in [0.15, 0.2) is 0 Å². The molecule has 28 heavy (non-hydrogen) atoms. The van der Waals surface area contributed by atoms with Crippen LogP contribution in [0.3, 0.4) is 0 Å². The van der Waals surface area contributed by atoms with Crippen molar-refractivity contribution >= 4 is 32.1 Å². The molecule has 8 nitrogen and oxygen atoms in total. The van der Waals surface area contributed by atoms with Crippen molar-refractivity contribution in [2.24, 2.45) is 0 Å². The monoisotopic (exact) mass is 412 g/mol. The average molecular weight is 412 g/mol. The maximum atomic E-state index is 15.1. The van der Waals surface area contributed by atoms with E-state index in [0.29, 0.717) is 35.2 Å². The molecule has 152 valence electrons. The lowest BCUT2D eigenvalue weighted by molar-refractivity contribution is -0.102. The van der Waals surface area contributed by atoms with E-state index >= 15 is 8.78 Å². The Hall–Kier alpha value is -2.11. The van der Waals surface area contributed by atoms with Crippen LogP contribution in [0.25, 0.3) is 22.1 Å². The highest BCUT2D eigenvalue weighted by molar-refractivity contribution is 7.88. The Morgan fingerprint density at radius 1 is 1.43 bits per heavy atom. The highest BCUT2D eigenvalue weighted by atomic mass is 32.2. The van der Waals surface area contributed by atoms with Crippen LogP contribution in [-0.2, 0) is 16.6 Å². The lowest BCUT2D eigenvalue weighted by Gasteiger charge is -2.39. The molecule has 1 saturated heterocycles. The van der Waals surface area contributed by atoms with Gasteiger partial charge in [0.1, 0.15) is 23.0 Å². The van der Waals surface area contributed by atoms with Gasteiger partial charge >= 0.3 is 0 Å². The zero-order valence-electron chi connectivity index (χ0n) is 15.6. The first-order chi connectivity index (χ1) is 13.2. The number of pyridine rings is 1. The molecule has 1 aliphatic heterocycles. The van der Waals surface area contributed by atoms with E-state index in [9.17, 15) is 8.42 Å². The molecule has 1 aliphatic rings. The zero-order valence-corrected chi connectivity index (χ0v) is 16.4. The van der Waals surface area contributed by atoms with Crippen LogP contribution in [0, 0.1) is 0 Å². The smallest absolute Gasteiger partial charge is 0.280 e. The Kier molecular flexibility index (Phi) is 4.63. The third-order valence-electron chi connectivity index (χ3n) is 5.20. The van der Waals surface area contributed by atoms with Gasteiger partial charge in [0.2, 0.25) is 10.0 Å². The molecule has 11 heteroatoms. The summed E-state index contributed by atoms with van der Waals surface area (Å²) in [5, 5.41) is 0.685. The van der Waals surface area contributed by atoms with E-state index in [1.807, 2.05) is 6.92 Å². The minimum atomic E-state index is -3.50. The molecule has 4 heterocycles. The summed E-state index contributed by atoms with van der Waals surface area (Å²) in [6, 6.07) is 0.660. The Labute approximate surface area is 161 Å². The van der Waals surface area contributed by atoms with Gasteiger partial charge in [-0.3, -0.25) is 4.90 Å². The van der Waals surface area contributed by atoms with Crippen LogP contribution in [0.1, 0.15) is 25.2 Å². The second kappa shape index (κ2) is 6.75. The molecular weight excluding hydrogens is 390 g/mol. The molecular formula is C17H22F2N6O2S. The van der Waals surface area contributed by atoms with Gasteiger partial charge in [-0.05, 0) is 19.0 Å². The predicted molar refractivity (Wildman–Crippen MR) is 102 cm³/mol. The number of hydrogen-bond acceptors (Lipinski definition) is 5. The summed E-state index contributed by atoms with van der Waals surface area (Å²) in [6.45, 7) is 2.45. The van der Waals surface area contributed by atoms with E-state index < -0.39 is 22.0 Å². The fraction of sp³-hybridized carbons (Fsp3) is 0.529. The standard InChI is InChI=1S/C17H22F2N6O2S/c1-3-24-7-5-13(17(18,19)10-24)25-14(9-22-28(2,26)27)23-12-8-21-16-11(15(12)25)4-6-20-16/h4,6,8,13,22H,3,5,7,9-10H2,1-2H3,(H,20,21). The Morgan fingerprint density at radius 3 is 2.89 bits per heavy atom. The minimum absolute atomic E-state index is 0.163. The van der Waals surface area contributed by atoms with Crippen LogP contribution in [0.4, 0.5) is 8.78 Å². The van der Waals surface area contributed by atoms with Crippen molar-refractivity contribution in [3.63, 3.8) is 0 Å². The molecule has 4 rings (SSSR count). The quantitative estimate of drug-likeness (QED) is 0.667. The van der Waals surface area contributed by atoms with Crippen molar-refractivity contribution in [3.05, 3.63) is 24.3 Å². The predicted octanol–water partition coefficient (Wildman–Crippen LogP) is 1.86. The van der Waals surface area contributed by atoms with Crippen LogP contribution >= 0.6 is 0 Å². The maximum absolute atomic E-state index is 15.1. The number of aromatic nitrogens is 4. The molecule has 0 aromatic carbocycles. The van der Waals surface area contributed by atoms with Gasteiger partial charge in [-0.2, -0.15) is 0 Å². The first-order valence-corrected chi connectivity index (χ1v) is 11.0. The number of nitrogens with zero attached hydrogens (tertiary/aromatic N) is 4. The average Bonchev–Trinajstić information content (AvgIpc) is 3.22. The third kappa shape index (κ3) is 3.38. The van der Waals surface area contributed by atoms with Gasteiger partial charge in [-0.1, -0.05) is 6.92 Å². The molecule has 0 spiro atoms. The van der Waals surface area contributed by atoms with E-state index in [1.165, 1.54) is 10.8 Å². The number of nitrogens with one attached hydrogen (secondary N) is 2. The van der Waals surface area contributed by atoms with Crippen molar-refractivity contribution in [1.29, 1.82) is 0 Å². The fourth-order valence-electron chi connectivity index (χ4n) is 3.88. The van der Waals surface area contributed by atoms with Crippen LogP contribution in [0.2, 0.25) is 0 Å². The Morgan fingerprint density at radius 2 is 2.21 bits per heavy atom. The first-order valence-electron chi connectivity index (χ1n) is 9.07. The topological polar surface area (TPSA) is 95.9 Å². The fourth-order valence-corrected chi connectivity index (χ4v) is 4.27. The molecule has 0 saturated carbocycles. The van der Waals surface area contributed by atoms with E-state index in [0.717, 1.165) is 6.26 Å². The van der Waals surface area contributed by atoms with Crippen LogP contribution in [0.15, 0.2) is 18.5 Å². The molecule has 1 atom stereocenters.